The molecule has 0 aliphatic rings. The van der Waals surface area contributed by atoms with Gasteiger partial charge in [-0.15, -0.1) is 0 Å². The number of hydrogen-bond acceptors (Lipinski definition) is 2. The van der Waals surface area contributed by atoms with E-state index >= 15 is 0 Å². The highest BCUT2D eigenvalue weighted by atomic mass is 79.9. The first-order valence-electron chi connectivity index (χ1n) is 6.84. The van der Waals surface area contributed by atoms with Gasteiger partial charge in [0.15, 0.2) is 0 Å². The van der Waals surface area contributed by atoms with Crippen LogP contribution in [0, 0.1) is 0 Å². The number of hydrogen-bond donors (Lipinski definition) is 1. The third-order valence-electron chi connectivity index (χ3n) is 3.27. The van der Waals surface area contributed by atoms with Gasteiger partial charge >= 0.3 is 0 Å². The molecule has 0 unspecified atom stereocenters. The standard InChI is InChI=1S/C17H18BrNO2/c1-3-12-10-14(18)8-9-15(12)19-17(20)11-13-6-4-5-7-16(13)21-2/h4-10H,3,11H2,1-2H3,(H,19,20). The molecule has 0 heterocycles. The van der Waals surface area contributed by atoms with Crippen molar-refractivity contribution in [3.8, 4) is 5.75 Å². The van der Waals surface area contributed by atoms with E-state index in [0.29, 0.717) is 6.42 Å². The van der Waals surface area contributed by atoms with Crippen molar-refractivity contribution in [2.24, 2.45) is 0 Å². The number of nitrogens with one attached hydrogen (secondary N) is 1. The summed E-state index contributed by atoms with van der Waals surface area (Å²) in [5.74, 6) is 0.690. The van der Waals surface area contributed by atoms with Crippen LogP contribution in [0.25, 0.3) is 0 Å². The van der Waals surface area contributed by atoms with Gasteiger partial charge in [-0.2, -0.15) is 0 Å². The van der Waals surface area contributed by atoms with Crippen LogP contribution in [0.1, 0.15) is 18.1 Å². The lowest BCUT2D eigenvalue weighted by atomic mass is 10.1. The van der Waals surface area contributed by atoms with Gasteiger partial charge in [-0.3, -0.25) is 4.79 Å². The molecule has 0 bridgehead atoms. The molecule has 2 aromatic rings. The van der Waals surface area contributed by atoms with Crippen LogP contribution in [-0.2, 0) is 17.6 Å². The highest BCUT2D eigenvalue weighted by molar-refractivity contribution is 9.10. The SMILES string of the molecule is CCc1cc(Br)ccc1NC(=O)Cc1ccccc1OC. The molecule has 0 aromatic heterocycles. The fraction of sp³-hybridized carbons (Fsp3) is 0.235. The maximum atomic E-state index is 12.2. The number of rotatable bonds is 5. The summed E-state index contributed by atoms with van der Waals surface area (Å²) in [5.41, 5.74) is 2.85. The molecule has 0 saturated carbocycles. The molecule has 0 radical (unpaired) electrons. The smallest absolute Gasteiger partial charge is 0.228 e. The number of carbonyl (C=O) groups is 1. The van der Waals surface area contributed by atoms with E-state index in [1.807, 2.05) is 42.5 Å². The lowest BCUT2D eigenvalue weighted by Gasteiger charge is -2.12. The molecule has 21 heavy (non-hydrogen) atoms. The molecule has 0 aliphatic heterocycles. The molecule has 0 atom stereocenters. The van der Waals surface area contributed by atoms with Gasteiger partial charge in [-0.1, -0.05) is 41.1 Å². The van der Waals surface area contributed by atoms with Gasteiger partial charge < -0.3 is 10.1 Å². The first-order valence-corrected chi connectivity index (χ1v) is 7.63. The van der Waals surface area contributed by atoms with E-state index in [4.69, 9.17) is 4.74 Å². The van der Waals surface area contributed by atoms with Crippen LogP contribution in [0.4, 0.5) is 5.69 Å². The van der Waals surface area contributed by atoms with Gasteiger partial charge in [0.05, 0.1) is 13.5 Å². The minimum Gasteiger partial charge on any atom is -0.496 e. The Balaban J connectivity index is 2.12. The van der Waals surface area contributed by atoms with E-state index < -0.39 is 0 Å². The van der Waals surface area contributed by atoms with E-state index in [0.717, 1.165) is 33.5 Å². The molecule has 2 rings (SSSR count). The first kappa shape index (κ1) is 15.6. The number of anilines is 1. The van der Waals surface area contributed by atoms with Crippen molar-refractivity contribution in [2.45, 2.75) is 19.8 Å². The zero-order chi connectivity index (χ0) is 15.2. The van der Waals surface area contributed by atoms with Crippen LogP contribution in [0.2, 0.25) is 0 Å². The average Bonchev–Trinajstić information content (AvgIpc) is 2.49. The van der Waals surface area contributed by atoms with Gasteiger partial charge in [0.2, 0.25) is 5.91 Å². The Morgan fingerprint density at radius 1 is 1.19 bits per heavy atom. The molecule has 0 aliphatic carbocycles. The second-order valence-corrected chi connectivity index (χ2v) is 5.61. The van der Waals surface area contributed by atoms with Crippen molar-refractivity contribution in [3.05, 3.63) is 58.1 Å². The van der Waals surface area contributed by atoms with Crippen molar-refractivity contribution in [3.63, 3.8) is 0 Å². The summed E-state index contributed by atoms with van der Waals surface area (Å²) < 4.78 is 6.29. The number of ether oxygens (including phenoxy) is 1. The third kappa shape index (κ3) is 4.08. The van der Waals surface area contributed by atoms with Crippen molar-refractivity contribution in [1.82, 2.24) is 0 Å². The Labute approximate surface area is 133 Å². The van der Waals surface area contributed by atoms with Gasteiger partial charge in [-0.25, -0.2) is 0 Å². The number of methoxy groups -OCH3 is 1. The zero-order valence-electron chi connectivity index (χ0n) is 12.2. The van der Waals surface area contributed by atoms with E-state index in [1.54, 1.807) is 7.11 Å². The maximum absolute atomic E-state index is 12.2. The summed E-state index contributed by atoms with van der Waals surface area (Å²) in [6.07, 6.45) is 1.16. The van der Waals surface area contributed by atoms with E-state index in [-0.39, 0.29) is 5.91 Å². The summed E-state index contributed by atoms with van der Waals surface area (Å²) in [6, 6.07) is 13.4. The number of para-hydroxylation sites is 1. The molecular weight excluding hydrogens is 330 g/mol. The second kappa shape index (κ2) is 7.27. The Bertz CT molecular complexity index is 640. The average molecular weight is 348 g/mol. The van der Waals surface area contributed by atoms with Crippen LogP contribution >= 0.6 is 15.9 Å². The summed E-state index contributed by atoms with van der Waals surface area (Å²) in [6.45, 7) is 2.07. The molecular formula is C17H18BrNO2. The van der Waals surface area contributed by atoms with Crippen molar-refractivity contribution < 1.29 is 9.53 Å². The minimum absolute atomic E-state index is 0.0449. The molecule has 4 heteroatoms. The zero-order valence-corrected chi connectivity index (χ0v) is 13.7. The van der Waals surface area contributed by atoms with Gasteiger partial charge in [0.1, 0.15) is 5.75 Å². The van der Waals surface area contributed by atoms with Crippen LogP contribution in [0.5, 0.6) is 5.75 Å². The maximum Gasteiger partial charge on any atom is 0.228 e. The number of halogens is 1. The summed E-state index contributed by atoms with van der Waals surface area (Å²) in [7, 11) is 1.61. The van der Waals surface area contributed by atoms with E-state index in [2.05, 4.69) is 28.2 Å². The second-order valence-electron chi connectivity index (χ2n) is 4.69. The summed E-state index contributed by atoms with van der Waals surface area (Å²) >= 11 is 3.45. The number of carbonyl (C=O) groups excluding carboxylic acids is 1. The fourth-order valence-electron chi connectivity index (χ4n) is 2.19. The number of amides is 1. The normalized spacial score (nSPS) is 10.2. The highest BCUT2D eigenvalue weighted by Crippen LogP contribution is 2.23. The predicted molar refractivity (Wildman–Crippen MR) is 88.8 cm³/mol. The topological polar surface area (TPSA) is 38.3 Å². The van der Waals surface area contributed by atoms with Crippen LogP contribution in [0.3, 0.4) is 0 Å². The Kier molecular flexibility index (Phi) is 5.39. The van der Waals surface area contributed by atoms with Crippen molar-refractivity contribution in [2.75, 3.05) is 12.4 Å². The lowest BCUT2D eigenvalue weighted by Crippen LogP contribution is -2.16. The molecule has 1 amide bonds. The molecule has 3 nitrogen and oxygen atoms in total. The summed E-state index contributed by atoms with van der Waals surface area (Å²) in [4.78, 5) is 12.2. The monoisotopic (exact) mass is 347 g/mol. The third-order valence-corrected chi connectivity index (χ3v) is 3.76. The molecule has 1 N–H and O–H groups in total. The minimum atomic E-state index is -0.0449. The molecule has 0 fully saturated rings. The fourth-order valence-corrected chi connectivity index (χ4v) is 2.60. The van der Waals surface area contributed by atoms with Gasteiger partial charge in [0, 0.05) is 15.7 Å². The quantitative estimate of drug-likeness (QED) is 0.879. The van der Waals surface area contributed by atoms with Crippen molar-refractivity contribution >= 4 is 27.5 Å². The molecule has 2 aromatic carbocycles. The van der Waals surface area contributed by atoms with E-state index in [9.17, 15) is 4.79 Å². The Morgan fingerprint density at radius 3 is 2.67 bits per heavy atom. The number of benzene rings is 2. The van der Waals surface area contributed by atoms with Crippen LogP contribution in [0.15, 0.2) is 46.9 Å². The largest absolute Gasteiger partial charge is 0.496 e. The van der Waals surface area contributed by atoms with Crippen LogP contribution in [-0.4, -0.2) is 13.0 Å². The number of aryl methyl sites for hydroxylation is 1. The molecule has 0 spiro atoms. The molecule has 110 valence electrons. The Hall–Kier alpha value is -1.81. The predicted octanol–water partition coefficient (Wildman–Crippen LogP) is 4.20. The van der Waals surface area contributed by atoms with Crippen molar-refractivity contribution in [1.29, 1.82) is 0 Å². The molecule has 0 saturated heterocycles. The van der Waals surface area contributed by atoms with Gasteiger partial charge in [0.25, 0.3) is 0 Å². The van der Waals surface area contributed by atoms with Gasteiger partial charge in [-0.05, 0) is 36.2 Å². The summed E-state index contributed by atoms with van der Waals surface area (Å²) in [5, 5.41) is 2.97. The lowest BCUT2D eigenvalue weighted by molar-refractivity contribution is -0.115. The van der Waals surface area contributed by atoms with E-state index in [1.165, 1.54) is 0 Å². The highest BCUT2D eigenvalue weighted by Gasteiger charge is 2.10. The Morgan fingerprint density at radius 2 is 1.95 bits per heavy atom. The first-order chi connectivity index (χ1) is 10.1. The van der Waals surface area contributed by atoms with Crippen LogP contribution < -0.4 is 10.1 Å².